The fraction of sp³-hybridized carbons (Fsp3) is 0.500. The average Bonchev–Trinajstić information content (AvgIpc) is 2.16. The molecule has 0 aliphatic heterocycles. The van der Waals surface area contributed by atoms with Gasteiger partial charge in [-0.05, 0) is 19.4 Å². The van der Waals surface area contributed by atoms with Crippen molar-refractivity contribution < 1.29 is 4.79 Å². The highest BCUT2D eigenvalue weighted by molar-refractivity contribution is 5.67. The summed E-state index contributed by atoms with van der Waals surface area (Å²) in [6.45, 7) is 6.42. The van der Waals surface area contributed by atoms with Gasteiger partial charge in [0.25, 0.3) is 0 Å². The number of carbonyl (C=O) groups is 1. The number of carbonyl (C=O) groups excluding carboxylic acids is 1. The van der Waals surface area contributed by atoms with Crippen LogP contribution in [0.4, 0.5) is 0 Å². The molecule has 1 rings (SSSR count). The van der Waals surface area contributed by atoms with E-state index in [1.54, 1.807) is 6.08 Å². The molecule has 0 saturated carbocycles. The van der Waals surface area contributed by atoms with Crippen molar-refractivity contribution in [1.29, 1.82) is 0 Å². The van der Waals surface area contributed by atoms with E-state index in [4.69, 9.17) is 0 Å². The van der Waals surface area contributed by atoms with Gasteiger partial charge >= 0.3 is 0 Å². The Labute approximate surface area is 67.8 Å². The van der Waals surface area contributed by atoms with Gasteiger partial charge in [0, 0.05) is 5.41 Å². The molecular weight excluding hydrogens is 136 g/mol. The monoisotopic (exact) mass is 150 g/mol. The van der Waals surface area contributed by atoms with Crippen molar-refractivity contribution in [3.05, 3.63) is 23.3 Å². The Bertz CT molecular complexity index is 231. The molecule has 0 N–H and O–H groups in total. The predicted octanol–water partition coefficient (Wildman–Crippen LogP) is 2.49. The lowest BCUT2D eigenvalue weighted by Gasteiger charge is -2.22. The minimum Gasteiger partial charge on any atom is -0.299 e. The SMILES string of the molecule is CC1=CCC(=CC=O)C1(C)C. The van der Waals surface area contributed by atoms with Gasteiger partial charge in [0.1, 0.15) is 6.29 Å². The van der Waals surface area contributed by atoms with Gasteiger partial charge in [0.05, 0.1) is 0 Å². The van der Waals surface area contributed by atoms with Crippen LogP contribution in [0.1, 0.15) is 27.2 Å². The zero-order chi connectivity index (χ0) is 8.48. The molecule has 0 aromatic rings. The predicted molar refractivity (Wildman–Crippen MR) is 46.3 cm³/mol. The lowest BCUT2D eigenvalue weighted by atomic mass is 9.82. The van der Waals surface area contributed by atoms with Gasteiger partial charge in [-0.1, -0.05) is 31.1 Å². The molecule has 0 spiro atoms. The molecule has 0 bridgehead atoms. The van der Waals surface area contributed by atoms with Crippen molar-refractivity contribution in [3.63, 3.8) is 0 Å². The van der Waals surface area contributed by atoms with Gasteiger partial charge in [0.15, 0.2) is 0 Å². The average molecular weight is 150 g/mol. The first-order valence-corrected chi connectivity index (χ1v) is 3.91. The highest BCUT2D eigenvalue weighted by atomic mass is 16.1. The van der Waals surface area contributed by atoms with Crippen LogP contribution >= 0.6 is 0 Å². The Morgan fingerprint density at radius 3 is 2.55 bits per heavy atom. The van der Waals surface area contributed by atoms with E-state index in [1.807, 2.05) is 0 Å². The second-order valence-electron chi connectivity index (χ2n) is 3.54. The van der Waals surface area contributed by atoms with Gasteiger partial charge in [-0.2, -0.15) is 0 Å². The van der Waals surface area contributed by atoms with E-state index in [1.165, 1.54) is 11.1 Å². The van der Waals surface area contributed by atoms with Crippen LogP contribution in [0.15, 0.2) is 23.3 Å². The Balaban J connectivity index is 2.95. The molecule has 0 atom stereocenters. The Morgan fingerprint density at radius 2 is 2.18 bits per heavy atom. The van der Waals surface area contributed by atoms with E-state index in [0.717, 1.165) is 12.7 Å². The van der Waals surface area contributed by atoms with Crippen molar-refractivity contribution in [1.82, 2.24) is 0 Å². The van der Waals surface area contributed by atoms with Crippen LogP contribution in [-0.2, 0) is 4.79 Å². The molecule has 0 aromatic heterocycles. The lowest BCUT2D eigenvalue weighted by molar-refractivity contribution is -0.104. The molecule has 1 aliphatic carbocycles. The summed E-state index contributed by atoms with van der Waals surface area (Å²) >= 11 is 0. The first-order chi connectivity index (χ1) is 5.09. The standard InChI is InChI=1S/C10H14O/c1-8-4-5-9(6-7-11)10(8,2)3/h4,6-7H,5H2,1-3H3. The van der Waals surface area contributed by atoms with Gasteiger partial charge in [-0.15, -0.1) is 0 Å². The summed E-state index contributed by atoms with van der Waals surface area (Å²) < 4.78 is 0. The molecule has 0 fully saturated rings. The van der Waals surface area contributed by atoms with Crippen LogP contribution in [-0.4, -0.2) is 6.29 Å². The molecule has 60 valence electrons. The van der Waals surface area contributed by atoms with Crippen molar-refractivity contribution in [2.45, 2.75) is 27.2 Å². The lowest BCUT2D eigenvalue weighted by Crippen LogP contribution is -2.11. The smallest absolute Gasteiger partial charge is 0.142 e. The van der Waals surface area contributed by atoms with Crippen LogP contribution in [0, 0.1) is 5.41 Å². The molecule has 1 nitrogen and oxygen atoms in total. The number of allylic oxidation sites excluding steroid dienone is 4. The highest BCUT2D eigenvalue weighted by Gasteiger charge is 2.28. The topological polar surface area (TPSA) is 17.1 Å². The third-order valence-corrected chi connectivity index (χ3v) is 2.69. The Hall–Kier alpha value is -0.850. The fourth-order valence-corrected chi connectivity index (χ4v) is 1.39. The largest absolute Gasteiger partial charge is 0.299 e. The quantitative estimate of drug-likeness (QED) is 0.319. The molecule has 0 radical (unpaired) electrons. The summed E-state index contributed by atoms with van der Waals surface area (Å²) in [5, 5.41) is 0. The van der Waals surface area contributed by atoms with Gasteiger partial charge in [-0.3, -0.25) is 4.79 Å². The van der Waals surface area contributed by atoms with Gasteiger partial charge in [-0.25, -0.2) is 0 Å². The van der Waals surface area contributed by atoms with E-state index in [2.05, 4.69) is 26.8 Å². The summed E-state index contributed by atoms with van der Waals surface area (Å²) in [6.07, 6.45) is 5.70. The molecule has 0 unspecified atom stereocenters. The number of hydrogen-bond acceptors (Lipinski definition) is 1. The third-order valence-electron chi connectivity index (χ3n) is 2.69. The minimum atomic E-state index is 0.112. The van der Waals surface area contributed by atoms with Crippen LogP contribution in [0.25, 0.3) is 0 Å². The first kappa shape index (κ1) is 8.25. The van der Waals surface area contributed by atoms with Crippen LogP contribution in [0.5, 0.6) is 0 Å². The second-order valence-corrected chi connectivity index (χ2v) is 3.54. The van der Waals surface area contributed by atoms with Crippen molar-refractivity contribution in [3.8, 4) is 0 Å². The highest BCUT2D eigenvalue weighted by Crippen LogP contribution is 2.41. The molecule has 0 heterocycles. The second kappa shape index (κ2) is 2.65. The molecular formula is C10H14O. The van der Waals surface area contributed by atoms with Crippen molar-refractivity contribution >= 4 is 6.29 Å². The Morgan fingerprint density at radius 1 is 1.55 bits per heavy atom. The molecule has 0 saturated heterocycles. The molecule has 0 amide bonds. The number of hydrogen-bond donors (Lipinski definition) is 0. The number of rotatable bonds is 1. The van der Waals surface area contributed by atoms with E-state index in [9.17, 15) is 4.79 Å². The molecule has 1 aliphatic rings. The summed E-state index contributed by atoms with van der Waals surface area (Å²) in [5.74, 6) is 0. The first-order valence-electron chi connectivity index (χ1n) is 3.91. The molecule has 1 heteroatoms. The van der Waals surface area contributed by atoms with E-state index < -0.39 is 0 Å². The molecule has 0 aromatic carbocycles. The summed E-state index contributed by atoms with van der Waals surface area (Å²) in [4.78, 5) is 10.3. The summed E-state index contributed by atoms with van der Waals surface area (Å²) in [5.41, 5.74) is 2.71. The summed E-state index contributed by atoms with van der Waals surface area (Å²) in [6, 6.07) is 0. The zero-order valence-corrected chi connectivity index (χ0v) is 7.35. The van der Waals surface area contributed by atoms with Crippen LogP contribution < -0.4 is 0 Å². The van der Waals surface area contributed by atoms with E-state index in [-0.39, 0.29) is 5.41 Å². The van der Waals surface area contributed by atoms with Gasteiger partial charge in [0.2, 0.25) is 0 Å². The fourth-order valence-electron chi connectivity index (χ4n) is 1.39. The van der Waals surface area contributed by atoms with Crippen molar-refractivity contribution in [2.24, 2.45) is 5.41 Å². The maximum Gasteiger partial charge on any atom is 0.142 e. The van der Waals surface area contributed by atoms with Crippen molar-refractivity contribution in [2.75, 3.05) is 0 Å². The third kappa shape index (κ3) is 1.28. The summed E-state index contributed by atoms with van der Waals surface area (Å²) in [7, 11) is 0. The van der Waals surface area contributed by atoms with E-state index in [0.29, 0.717) is 0 Å². The maximum absolute atomic E-state index is 10.3. The normalized spacial score (nSPS) is 25.4. The molecule has 11 heavy (non-hydrogen) atoms. The Kier molecular flexibility index (Phi) is 1.99. The maximum atomic E-state index is 10.3. The zero-order valence-electron chi connectivity index (χ0n) is 7.35. The number of aldehydes is 1. The van der Waals surface area contributed by atoms with Gasteiger partial charge < -0.3 is 0 Å². The minimum absolute atomic E-state index is 0.112. The van der Waals surface area contributed by atoms with E-state index >= 15 is 0 Å². The van der Waals surface area contributed by atoms with Crippen LogP contribution in [0.3, 0.4) is 0 Å². The van der Waals surface area contributed by atoms with Crippen LogP contribution in [0.2, 0.25) is 0 Å².